The van der Waals surface area contributed by atoms with Crippen LogP contribution in [0, 0.1) is 0 Å². The van der Waals surface area contributed by atoms with Gasteiger partial charge in [-0.05, 0) is 25.7 Å². The molecule has 2 rings (SSSR count). The second kappa shape index (κ2) is 9.78. The highest BCUT2D eigenvalue weighted by atomic mass is 32.2. The molecule has 0 aliphatic carbocycles. The number of hydrogen-bond acceptors (Lipinski definition) is 5. The molecule has 3 atom stereocenters. The lowest BCUT2D eigenvalue weighted by molar-refractivity contribution is -0.124. The van der Waals surface area contributed by atoms with Crippen LogP contribution < -0.4 is 22.1 Å². The number of fused-ring (bicyclic) bond motifs is 1. The Bertz CT molecular complexity index is 458. The van der Waals surface area contributed by atoms with Crippen LogP contribution in [0.25, 0.3) is 0 Å². The van der Waals surface area contributed by atoms with Gasteiger partial charge in [-0.25, -0.2) is 4.79 Å². The average Bonchev–Trinajstić information content (AvgIpc) is 3.10. The quantitative estimate of drug-likeness (QED) is 0.239. The molecule has 0 radical (unpaired) electrons. The van der Waals surface area contributed by atoms with Crippen molar-refractivity contribution in [2.75, 3.05) is 5.75 Å². The highest BCUT2D eigenvalue weighted by Gasteiger charge is 2.42. The maximum Gasteiger partial charge on any atom is 0.315 e. The Kier molecular flexibility index (Phi) is 8.03. The number of unbranched alkanes of at least 4 members (excludes halogenated alkanes) is 5. The van der Waals surface area contributed by atoms with Gasteiger partial charge in [-0.3, -0.25) is 4.79 Å². The van der Waals surface area contributed by atoms with Crippen LogP contribution in [0.1, 0.15) is 71.1 Å². The topological polar surface area (TPSA) is 110 Å². The van der Waals surface area contributed by atoms with Gasteiger partial charge in [0.15, 0.2) is 5.78 Å². The number of thioether (sulfide) groups is 1. The van der Waals surface area contributed by atoms with E-state index in [1.807, 2.05) is 11.8 Å². The SMILES string of the molecule is CCCCCCCC(N)(N)C(=O)CCCC[C@@H]1SC[C@@H]2NC(=O)N[C@@H]21. The van der Waals surface area contributed by atoms with Crippen molar-refractivity contribution in [3.05, 3.63) is 0 Å². The van der Waals surface area contributed by atoms with Gasteiger partial charge in [0.05, 0.1) is 12.1 Å². The number of urea groups is 1. The molecule has 25 heavy (non-hydrogen) atoms. The molecule has 7 heteroatoms. The van der Waals surface area contributed by atoms with Crippen LogP contribution in [0.15, 0.2) is 0 Å². The molecular weight excluding hydrogens is 336 g/mol. The van der Waals surface area contributed by atoms with Gasteiger partial charge < -0.3 is 22.1 Å². The molecule has 0 bridgehead atoms. The van der Waals surface area contributed by atoms with Crippen molar-refractivity contribution in [2.45, 2.75) is 94.1 Å². The fraction of sp³-hybridized carbons (Fsp3) is 0.889. The summed E-state index contributed by atoms with van der Waals surface area (Å²) in [4.78, 5) is 23.7. The van der Waals surface area contributed by atoms with E-state index in [1.54, 1.807) is 0 Å². The average molecular weight is 371 g/mol. The molecule has 2 amide bonds. The van der Waals surface area contributed by atoms with E-state index in [2.05, 4.69) is 17.6 Å². The van der Waals surface area contributed by atoms with E-state index >= 15 is 0 Å². The summed E-state index contributed by atoms with van der Waals surface area (Å²) in [6, 6.07) is 0.447. The number of rotatable bonds is 12. The maximum atomic E-state index is 12.3. The Morgan fingerprint density at radius 3 is 2.68 bits per heavy atom. The number of Topliss-reactive ketones (excluding diaryl/α,β-unsaturated/α-hetero) is 1. The zero-order valence-corrected chi connectivity index (χ0v) is 16.2. The number of carbonyl (C=O) groups is 2. The largest absolute Gasteiger partial charge is 0.332 e. The highest BCUT2D eigenvalue weighted by molar-refractivity contribution is 8.00. The van der Waals surface area contributed by atoms with E-state index in [9.17, 15) is 9.59 Å². The van der Waals surface area contributed by atoms with Crippen LogP contribution in [0.3, 0.4) is 0 Å². The molecule has 0 spiro atoms. The van der Waals surface area contributed by atoms with Crippen molar-refractivity contribution in [3.8, 4) is 0 Å². The maximum absolute atomic E-state index is 12.3. The molecule has 2 fully saturated rings. The summed E-state index contributed by atoms with van der Waals surface area (Å²) in [6.07, 6.45) is 9.48. The van der Waals surface area contributed by atoms with E-state index in [0.717, 1.165) is 37.9 Å². The van der Waals surface area contributed by atoms with Crippen molar-refractivity contribution < 1.29 is 9.59 Å². The van der Waals surface area contributed by atoms with E-state index in [-0.39, 0.29) is 23.9 Å². The number of nitrogens with two attached hydrogens (primary N) is 2. The van der Waals surface area contributed by atoms with Crippen LogP contribution >= 0.6 is 11.8 Å². The predicted octanol–water partition coefficient (Wildman–Crippen LogP) is 2.26. The molecule has 6 nitrogen and oxygen atoms in total. The summed E-state index contributed by atoms with van der Waals surface area (Å²) in [5, 5.41) is 6.39. The summed E-state index contributed by atoms with van der Waals surface area (Å²) in [5.74, 6) is 0.954. The molecule has 0 aromatic carbocycles. The van der Waals surface area contributed by atoms with E-state index in [0.29, 0.717) is 18.1 Å². The molecule has 0 aromatic rings. The highest BCUT2D eigenvalue weighted by Crippen LogP contribution is 2.33. The van der Waals surface area contributed by atoms with Crippen LogP contribution in [-0.4, -0.2) is 40.6 Å². The molecule has 2 aliphatic heterocycles. The molecular formula is C18H34N4O2S. The Hall–Kier alpha value is -0.790. The number of nitrogens with one attached hydrogen (secondary N) is 2. The summed E-state index contributed by atoms with van der Waals surface area (Å²) in [6.45, 7) is 2.18. The fourth-order valence-corrected chi connectivity index (χ4v) is 5.21. The van der Waals surface area contributed by atoms with E-state index in [4.69, 9.17) is 11.5 Å². The van der Waals surface area contributed by atoms with Gasteiger partial charge >= 0.3 is 6.03 Å². The summed E-state index contributed by atoms with van der Waals surface area (Å²) >= 11 is 1.91. The molecule has 2 aliphatic rings. The summed E-state index contributed by atoms with van der Waals surface area (Å²) in [7, 11) is 0. The lowest BCUT2D eigenvalue weighted by Gasteiger charge is -2.23. The monoisotopic (exact) mass is 370 g/mol. The molecule has 0 aromatic heterocycles. The minimum Gasteiger partial charge on any atom is -0.332 e. The third-order valence-electron chi connectivity index (χ3n) is 5.29. The zero-order valence-electron chi connectivity index (χ0n) is 15.4. The summed E-state index contributed by atoms with van der Waals surface area (Å²) < 4.78 is 0. The van der Waals surface area contributed by atoms with Crippen molar-refractivity contribution in [3.63, 3.8) is 0 Å². The van der Waals surface area contributed by atoms with Gasteiger partial charge in [0.25, 0.3) is 0 Å². The minimum absolute atomic E-state index is 0.0178. The first-order chi connectivity index (χ1) is 11.9. The Labute approximate surface area is 155 Å². The van der Waals surface area contributed by atoms with Crippen LogP contribution in [0.5, 0.6) is 0 Å². The molecule has 144 valence electrons. The smallest absolute Gasteiger partial charge is 0.315 e. The Morgan fingerprint density at radius 1 is 1.16 bits per heavy atom. The van der Waals surface area contributed by atoms with Gasteiger partial charge in [0, 0.05) is 17.4 Å². The molecule has 0 saturated carbocycles. The van der Waals surface area contributed by atoms with Gasteiger partial charge in [0.2, 0.25) is 0 Å². The summed E-state index contributed by atoms with van der Waals surface area (Å²) in [5.41, 5.74) is 10.9. The van der Waals surface area contributed by atoms with E-state index < -0.39 is 5.66 Å². The van der Waals surface area contributed by atoms with Crippen LogP contribution in [-0.2, 0) is 4.79 Å². The molecule has 2 heterocycles. The first kappa shape index (κ1) is 20.5. The van der Waals surface area contributed by atoms with Crippen molar-refractivity contribution in [1.82, 2.24) is 10.6 Å². The molecule has 6 N–H and O–H groups in total. The van der Waals surface area contributed by atoms with Gasteiger partial charge in [-0.2, -0.15) is 11.8 Å². The van der Waals surface area contributed by atoms with Crippen molar-refractivity contribution in [2.24, 2.45) is 11.5 Å². The number of amides is 2. The first-order valence-corrected chi connectivity index (χ1v) is 10.8. The predicted molar refractivity (Wildman–Crippen MR) is 103 cm³/mol. The third kappa shape index (κ3) is 6.15. The number of ketones is 1. The first-order valence-electron chi connectivity index (χ1n) is 9.73. The zero-order chi connectivity index (χ0) is 18.3. The van der Waals surface area contributed by atoms with Crippen molar-refractivity contribution in [1.29, 1.82) is 0 Å². The number of carbonyl (C=O) groups excluding carboxylic acids is 2. The molecule has 0 unspecified atom stereocenters. The van der Waals surface area contributed by atoms with Gasteiger partial charge in [-0.15, -0.1) is 0 Å². The van der Waals surface area contributed by atoms with Gasteiger partial charge in [-0.1, -0.05) is 39.0 Å². The Balaban J connectivity index is 1.59. The number of hydrogen-bond donors (Lipinski definition) is 4. The second-order valence-electron chi connectivity index (χ2n) is 7.50. The van der Waals surface area contributed by atoms with Gasteiger partial charge in [0.1, 0.15) is 5.66 Å². The van der Waals surface area contributed by atoms with Crippen LogP contribution in [0.2, 0.25) is 0 Å². The Morgan fingerprint density at radius 2 is 1.92 bits per heavy atom. The third-order valence-corrected chi connectivity index (χ3v) is 6.80. The molecule has 2 saturated heterocycles. The second-order valence-corrected chi connectivity index (χ2v) is 8.77. The lowest BCUT2D eigenvalue weighted by atomic mass is 9.94. The lowest BCUT2D eigenvalue weighted by Crippen LogP contribution is -2.56. The van der Waals surface area contributed by atoms with Crippen molar-refractivity contribution >= 4 is 23.6 Å². The van der Waals surface area contributed by atoms with E-state index in [1.165, 1.54) is 19.3 Å². The fourth-order valence-electron chi connectivity index (χ4n) is 3.67. The normalized spacial score (nSPS) is 25.6. The minimum atomic E-state index is -1.16. The standard InChI is InChI=1S/C18H34N4O2S/c1-2-3-4-5-8-11-18(19,20)15(23)10-7-6-9-14-16-13(12-25-14)21-17(24)22-16/h13-14,16H,2-12,19-20H2,1H3,(H2,21,22,24)/t13-,14-,16-/m0/s1. The van der Waals surface area contributed by atoms with Crippen LogP contribution in [0.4, 0.5) is 4.79 Å².